The molecular weight excluding hydrogens is 285 g/mol. The molecule has 0 unspecified atom stereocenters. The number of halogens is 3. The molecule has 0 bridgehead atoms. The van der Waals surface area contributed by atoms with Crippen LogP contribution in [0.1, 0.15) is 23.2 Å². The first-order valence-corrected chi connectivity index (χ1v) is 6.26. The minimum atomic E-state index is -4.82. The molecule has 0 spiro atoms. The Balaban J connectivity index is 2.78. The van der Waals surface area contributed by atoms with Crippen molar-refractivity contribution in [1.29, 1.82) is 0 Å². The standard InChI is InChI=1S/C14H17F3N2O2/c1-3-4-5-8-19(2)13(20)10-6-7-12(11(18)9-10)21-14(15,16)17/h3,6-7,9H,1,4-5,8,18H2,2H3. The monoisotopic (exact) mass is 302 g/mol. The van der Waals surface area contributed by atoms with E-state index in [-0.39, 0.29) is 17.2 Å². The zero-order valence-corrected chi connectivity index (χ0v) is 11.6. The summed E-state index contributed by atoms with van der Waals surface area (Å²) in [6, 6.07) is 3.46. The fourth-order valence-corrected chi connectivity index (χ4v) is 1.69. The minimum absolute atomic E-state index is 0.211. The molecule has 0 saturated carbocycles. The van der Waals surface area contributed by atoms with E-state index in [1.165, 1.54) is 17.0 Å². The van der Waals surface area contributed by atoms with Crippen molar-refractivity contribution in [2.75, 3.05) is 19.3 Å². The van der Waals surface area contributed by atoms with Gasteiger partial charge in [-0.05, 0) is 31.0 Å². The predicted octanol–water partition coefficient (Wildman–Crippen LogP) is 3.21. The SMILES string of the molecule is C=CCCCN(C)C(=O)c1ccc(OC(F)(F)F)c(N)c1. The van der Waals surface area contributed by atoms with Crippen LogP contribution in [0.5, 0.6) is 5.75 Å². The van der Waals surface area contributed by atoms with E-state index in [0.29, 0.717) is 6.54 Å². The Labute approximate surface area is 121 Å². The Morgan fingerprint density at radius 2 is 2.14 bits per heavy atom. The van der Waals surface area contributed by atoms with E-state index in [4.69, 9.17) is 5.73 Å². The van der Waals surface area contributed by atoms with Crippen LogP contribution in [0.2, 0.25) is 0 Å². The Kier molecular flexibility index (Phi) is 5.63. The van der Waals surface area contributed by atoms with Crippen molar-refractivity contribution < 1.29 is 22.7 Å². The highest BCUT2D eigenvalue weighted by molar-refractivity contribution is 5.95. The molecule has 1 aromatic carbocycles. The first-order chi connectivity index (χ1) is 9.74. The number of anilines is 1. The van der Waals surface area contributed by atoms with Gasteiger partial charge in [-0.3, -0.25) is 4.79 Å². The number of nitrogens with two attached hydrogens (primary N) is 1. The number of amides is 1. The molecule has 1 amide bonds. The summed E-state index contributed by atoms with van der Waals surface area (Å²) in [5, 5.41) is 0. The fraction of sp³-hybridized carbons (Fsp3) is 0.357. The number of carbonyl (C=O) groups is 1. The van der Waals surface area contributed by atoms with Crippen molar-refractivity contribution in [3.05, 3.63) is 36.4 Å². The number of hydrogen-bond acceptors (Lipinski definition) is 3. The van der Waals surface area contributed by atoms with Crippen LogP contribution < -0.4 is 10.5 Å². The lowest BCUT2D eigenvalue weighted by atomic mass is 10.1. The molecule has 0 aromatic heterocycles. The quantitative estimate of drug-likeness (QED) is 0.499. The zero-order valence-electron chi connectivity index (χ0n) is 11.6. The van der Waals surface area contributed by atoms with Crippen LogP contribution in [0, 0.1) is 0 Å². The van der Waals surface area contributed by atoms with Gasteiger partial charge in [0.2, 0.25) is 0 Å². The number of hydrogen-bond donors (Lipinski definition) is 1. The number of allylic oxidation sites excluding steroid dienone is 1. The summed E-state index contributed by atoms with van der Waals surface area (Å²) in [7, 11) is 1.61. The summed E-state index contributed by atoms with van der Waals surface area (Å²) in [6.07, 6.45) is -1.53. The number of rotatable bonds is 6. The van der Waals surface area contributed by atoms with Crippen molar-refractivity contribution in [3.63, 3.8) is 0 Å². The molecule has 0 atom stereocenters. The van der Waals surface area contributed by atoms with Gasteiger partial charge in [0.15, 0.2) is 5.75 Å². The number of benzene rings is 1. The zero-order chi connectivity index (χ0) is 16.0. The number of nitrogen functional groups attached to an aromatic ring is 1. The van der Waals surface area contributed by atoms with E-state index in [2.05, 4.69) is 11.3 Å². The van der Waals surface area contributed by atoms with Crippen LogP contribution >= 0.6 is 0 Å². The van der Waals surface area contributed by atoms with E-state index in [1.807, 2.05) is 0 Å². The second kappa shape index (κ2) is 7.01. The van der Waals surface area contributed by atoms with Gasteiger partial charge in [-0.15, -0.1) is 19.8 Å². The molecule has 0 aliphatic carbocycles. The predicted molar refractivity (Wildman–Crippen MR) is 73.9 cm³/mol. The molecule has 1 aromatic rings. The fourth-order valence-electron chi connectivity index (χ4n) is 1.69. The molecule has 2 N–H and O–H groups in total. The maximum absolute atomic E-state index is 12.1. The lowest BCUT2D eigenvalue weighted by Gasteiger charge is -2.18. The van der Waals surface area contributed by atoms with Crippen molar-refractivity contribution in [2.45, 2.75) is 19.2 Å². The van der Waals surface area contributed by atoms with Crippen LogP contribution in [0.25, 0.3) is 0 Å². The van der Waals surface area contributed by atoms with Crippen molar-refractivity contribution in [1.82, 2.24) is 4.90 Å². The molecule has 4 nitrogen and oxygen atoms in total. The lowest BCUT2D eigenvalue weighted by Crippen LogP contribution is -2.27. The van der Waals surface area contributed by atoms with Gasteiger partial charge in [0.25, 0.3) is 5.91 Å². The lowest BCUT2D eigenvalue weighted by molar-refractivity contribution is -0.274. The number of nitrogens with zero attached hydrogens (tertiary/aromatic N) is 1. The summed E-state index contributed by atoms with van der Waals surface area (Å²) in [5.74, 6) is -0.835. The topological polar surface area (TPSA) is 55.6 Å². The highest BCUT2D eigenvalue weighted by Crippen LogP contribution is 2.29. The van der Waals surface area contributed by atoms with Gasteiger partial charge in [-0.2, -0.15) is 0 Å². The van der Waals surface area contributed by atoms with Crippen molar-refractivity contribution in [3.8, 4) is 5.75 Å². The average molecular weight is 302 g/mol. The maximum Gasteiger partial charge on any atom is 0.573 e. The van der Waals surface area contributed by atoms with Crippen LogP contribution in [-0.2, 0) is 0 Å². The summed E-state index contributed by atoms with van der Waals surface area (Å²) in [6.45, 7) is 4.10. The van der Waals surface area contributed by atoms with Crippen LogP contribution in [-0.4, -0.2) is 30.8 Å². The molecule has 0 aliphatic rings. The smallest absolute Gasteiger partial charge is 0.404 e. The van der Waals surface area contributed by atoms with E-state index in [1.54, 1.807) is 13.1 Å². The number of unbranched alkanes of at least 4 members (excludes halogenated alkanes) is 1. The minimum Gasteiger partial charge on any atom is -0.404 e. The molecule has 0 aliphatic heterocycles. The van der Waals surface area contributed by atoms with E-state index in [0.717, 1.165) is 18.9 Å². The first-order valence-electron chi connectivity index (χ1n) is 6.26. The van der Waals surface area contributed by atoms with Crippen molar-refractivity contribution >= 4 is 11.6 Å². The highest BCUT2D eigenvalue weighted by atomic mass is 19.4. The highest BCUT2D eigenvalue weighted by Gasteiger charge is 2.32. The first kappa shape index (κ1) is 16.9. The van der Waals surface area contributed by atoms with Crippen LogP contribution in [0.15, 0.2) is 30.9 Å². The Morgan fingerprint density at radius 1 is 1.48 bits per heavy atom. The largest absolute Gasteiger partial charge is 0.573 e. The molecule has 0 heterocycles. The molecule has 1 rings (SSSR count). The van der Waals surface area contributed by atoms with Gasteiger partial charge in [0.1, 0.15) is 0 Å². The second-order valence-corrected chi connectivity index (χ2v) is 4.46. The molecule has 0 radical (unpaired) electrons. The molecule has 7 heteroatoms. The van der Waals surface area contributed by atoms with E-state index in [9.17, 15) is 18.0 Å². The maximum atomic E-state index is 12.1. The van der Waals surface area contributed by atoms with Gasteiger partial charge in [0.05, 0.1) is 5.69 Å². The van der Waals surface area contributed by atoms with Gasteiger partial charge in [0, 0.05) is 19.2 Å². The Morgan fingerprint density at radius 3 is 2.67 bits per heavy atom. The molecular formula is C14H17F3N2O2. The van der Waals surface area contributed by atoms with Crippen LogP contribution in [0.4, 0.5) is 18.9 Å². The van der Waals surface area contributed by atoms with Gasteiger partial charge in [-0.1, -0.05) is 6.08 Å². The van der Waals surface area contributed by atoms with Gasteiger partial charge in [-0.25, -0.2) is 0 Å². The summed E-state index contributed by atoms with van der Waals surface area (Å²) in [5.41, 5.74) is 5.45. The number of alkyl halides is 3. The summed E-state index contributed by atoms with van der Waals surface area (Å²) in [4.78, 5) is 13.5. The third-order valence-electron chi connectivity index (χ3n) is 2.73. The molecule has 116 valence electrons. The molecule has 0 fully saturated rings. The van der Waals surface area contributed by atoms with Gasteiger partial charge < -0.3 is 15.4 Å². The normalized spacial score (nSPS) is 11.0. The molecule has 0 saturated heterocycles. The number of carbonyl (C=O) groups excluding carboxylic acids is 1. The summed E-state index contributed by atoms with van der Waals surface area (Å²) >= 11 is 0. The summed E-state index contributed by atoms with van der Waals surface area (Å²) < 4.78 is 40.1. The number of ether oxygens (including phenoxy) is 1. The van der Waals surface area contributed by atoms with E-state index >= 15 is 0 Å². The van der Waals surface area contributed by atoms with E-state index < -0.39 is 12.1 Å². The molecule has 21 heavy (non-hydrogen) atoms. The van der Waals surface area contributed by atoms with Crippen LogP contribution in [0.3, 0.4) is 0 Å². The van der Waals surface area contributed by atoms with Crippen molar-refractivity contribution in [2.24, 2.45) is 0 Å². The third-order valence-corrected chi connectivity index (χ3v) is 2.73. The Hall–Kier alpha value is -2.18. The Bertz CT molecular complexity index is 515. The van der Waals surface area contributed by atoms with Gasteiger partial charge >= 0.3 is 6.36 Å². The third kappa shape index (κ3) is 5.37. The second-order valence-electron chi connectivity index (χ2n) is 4.46. The average Bonchev–Trinajstić information content (AvgIpc) is 2.39.